The highest BCUT2D eigenvalue weighted by Crippen LogP contribution is 2.36. The van der Waals surface area contributed by atoms with Crippen LogP contribution < -0.4 is 5.32 Å². The highest BCUT2D eigenvalue weighted by molar-refractivity contribution is 7.21. The van der Waals surface area contributed by atoms with Gasteiger partial charge in [0.2, 0.25) is 0 Å². The van der Waals surface area contributed by atoms with E-state index in [-0.39, 0.29) is 15.8 Å². The predicted molar refractivity (Wildman–Crippen MR) is 105 cm³/mol. The van der Waals surface area contributed by atoms with Crippen LogP contribution in [0, 0.1) is 5.82 Å². The summed E-state index contributed by atoms with van der Waals surface area (Å²) < 4.78 is 19.1. The summed E-state index contributed by atoms with van der Waals surface area (Å²) in [7, 11) is 0. The van der Waals surface area contributed by atoms with Crippen molar-refractivity contribution in [1.82, 2.24) is 5.32 Å². The largest absolute Gasteiger partial charge is 0.448 e. The van der Waals surface area contributed by atoms with Crippen molar-refractivity contribution in [3.05, 3.63) is 69.8 Å². The molecule has 0 fully saturated rings. The molecule has 0 aliphatic heterocycles. The van der Waals surface area contributed by atoms with Gasteiger partial charge in [0.15, 0.2) is 6.10 Å². The molecule has 0 saturated heterocycles. The van der Waals surface area contributed by atoms with E-state index in [2.05, 4.69) is 5.32 Å². The van der Waals surface area contributed by atoms with E-state index >= 15 is 0 Å². The van der Waals surface area contributed by atoms with Gasteiger partial charge in [-0.25, -0.2) is 9.18 Å². The summed E-state index contributed by atoms with van der Waals surface area (Å²) in [6.45, 7) is 1.93. The van der Waals surface area contributed by atoms with Crippen LogP contribution in [0.2, 0.25) is 5.02 Å². The van der Waals surface area contributed by atoms with Crippen LogP contribution in [-0.4, -0.2) is 24.5 Å². The molecule has 0 saturated carbocycles. The highest BCUT2D eigenvalue weighted by atomic mass is 35.5. The third-order valence-corrected chi connectivity index (χ3v) is 5.62. The quantitative estimate of drug-likeness (QED) is 0.610. The summed E-state index contributed by atoms with van der Waals surface area (Å²) >= 11 is 7.24. The average molecular weight is 406 g/mol. The summed E-state index contributed by atoms with van der Waals surface area (Å²) in [5, 5.41) is 3.53. The molecule has 140 valence electrons. The van der Waals surface area contributed by atoms with Crippen LogP contribution in [0.5, 0.6) is 0 Å². The van der Waals surface area contributed by atoms with Crippen molar-refractivity contribution in [3.63, 3.8) is 0 Å². The summed E-state index contributed by atoms with van der Waals surface area (Å²) in [4.78, 5) is 24.6. The number of fused-ring (bicyclic) bond motifs is 1. The molecule has 2 aromatic carbocycles. The number of rotatable bonds is 6. The zero-order chi connectivity index (χ0) is 19.4. The van der Waals surface area contributed by atoms with E-state index in [1.165, 1.54) is 25.1 Å². The molecule has 1 N–H and O–H groups in total. The minimum Gasteiger partial charge on any atom is -0.448 e. The summed E-state index contributed by atoms with van der Waals surface area (Å²) in [5.41, 5.74) is 1.10. The number of amides is 1. The monoisotopic (exact) mass is 405 g/mol. The first-order valence-electron chi connectivity index (χ1n) is 8.36. The number of thiophene rings is 1. The molecule has 0 radical (unpaired) electrons. The lowest BCUT2D eigenvalue weighted by molar-refractivity contribution is -0.129. The van der Waals surface area contributed by atoms with Gasteiger partial charge in [0.25, 0.3) is 5.91 Å². The number of hydrogen-bond donors (Lipinski definition) is 1. The van der Waals surface area contributed by atoms with E-state index in [1.54, 1.807) is 0 Å². The number of ether oxygens (including phenoxy) is 1. The Kier molecular flexibility index (Phi) is 6.08. The third-order valence-electron chi connectivity index (χ3n) is 3.99. The Labute approximate surface area is 164 Å². The lowest BCUT2D eigenvalue weighted by Crippen LogP contribution is -2.36. The van der Waals surface area contributed by atoms with E-state index in [0.717, 1.165) is 16.9 Å². The van der Waals surface area contributed by atoms with Crippen molar-refractivity contribution in [2.24, 2.45) is 0 Å². The molecule has 4 nitrogen and oxygen atoms in total. The number of hydrogen-bond acceptors (Lipinski definition) is 4. The Hall–Kier alpha value is -2.44. The summed E-state index contributed by atoms with van der Waals surface area (Å²) in [6, 6.07) is 13.8. The SMILES string of the molecule is CC(OC(=O)c1sc2cc(F)ccc2c1Cl)C(=O)NCCc1ccccc1. The Morgan fingerprint density at radius 3 is 2.70 bits per heavy atom. The van der Waals surface area contributed by atoms with Crippen molar-refractivity contribution < 1.29 is 18.7 Å². The topological polar surface area (TPSA) is 55.4 Å². The van der Waals surface area contributed by atoms with Crippen molar-refractivity contribution in [3.8, 4) is 0 Å². The van der Waals surface area contributed by atoms with Crippen LogP contribution in [0.25, 0.3) is 10.1 Å². The summed E-state index contributed by atoms with van der Waals surface area (Å²) in [5.74, 6) is -1.50. The lowest BCUT2D eigenvalue weighted by atomic mass is 10.1. The van der Waals surface area contributed by atoms with Gasteiger partial charge in [-0.3, -0.25) is 4.79 Å². The van der Waals surface area contributed by atoms with E-state index in [4.69, 9.17) is 16.3 Å². The van der Waals surface area contributed by atoms with Gasteiger partial charge in [0.1, 0.15) is 10.7 Å². The van der Waals surface area contributed by atoms with Crippen LogP contribution in [0.3, 0.4) is 0 Å². The maximum absolute atomic E-state index is 13.3. The zero-order valence-electron chi connectivity index (χ0n) is 14.5. The molecule has 7 heteroatoms. The van der Waals surface area contributed by atoms with Crippen molar-refractivity contribution >= 4 is 44.9 Å². The van der Waals surface area contributed by atoms with E-state index < -0.39 is 17.9 Å². The van der Waals surface area contributed by atoms with Crippen LogP contribution in [0.4, 0.5) is 4.39 Å². The number of halogens is 2. The van der Waals surface area contributed by atoms with Gasteiger partial charge in [0.05, 0.1) is 5.02 Å². The van der Waals surface area contributed by atoms with E-state index in [0.29, 0.717) is 23.1 Å². The molecule has 3 aromatic rings. The van der Waals surface area contributed by atoms with Crippen LogP contribution >= 0.6 is 22.9 Å². The van der Waals surface area contributed by atoms with Crippen molar-refractivity contribution in [2.75, 3.05) is 6.54 Å². The first kappa shape index (κ1) is 19.3. The highest BCUT2D eigenvalue weighted by Gasteiger charge is 2.23. The maximum atomic E-state index is 13.3. The average Bonchev–Trinajstić information content (AvgIpc) is 2.98. The Balaban J connectivity index is 1.58. The Morgan fingerprint density at radius 1 is 1.22 bits per heavy atom. The first-order valence-corrected chi connectivity index (χ1v) is 9.55. The van der Waals surface area contributed by atoms with Gasteiger partial charge >= 0.3 is 5.97 Å². The van der Waals surface area contributed by atoms with Gasteiger partial charge in [-0.05, 0) is 37.1 Å². The maximum Gasteiger partial charge on any atom is 0.350 e. The van der Waals surface area contributed by atoms with E-state index in [9.17, 15) is 14.0 Å². The molecule has 1 amide bonds. The lowest BCUT2D eigenvalue weighted by Gasteiger charge is -2.13. The van der Waals surface area contributed by atoms with Crippen LogP contribution in [0.1, 0.15) is 22.2 Å². The van der Waals surface area contributed by atoms with Crippen LogP contribution in [0.15, 0.2) is 48.5 Å². The van der Waals surface area contributed by atoms with Crippen molar-refractivity contribution in [2.45, 2.75) is 19.4 Å². The molecular formula is C20H17ClFNO3S. The molecular weight excluding hydrogens is 389 g/mol. The predicted octanol–water partition coefficient (Wildman–Crippen LogP) is 4.60. The van der Waals surface area contributed by atoms with Crippen molar-refractivity contribution in [1.29, 1.82) is 0 Å². The fourth-order valence-electron chi connectivity index (χ4n) is 2.56. The van der Waals surface area contributed by atoms with Crippen LogP contribution in [-0.2, 0) is 16.0 Å². The molecule has 3 rings (SSSR count). The van der Waals surface area contributed by atoms with E-state index in [1.807, 2.05) is 30.3 Å². The minimum atomic E-state index is -0.966. The third kappa shape index (κ3) is 4.64. The molecule has 1 atom stereocenters. The van der Waals surface area contributed by atoms with Gasteiger partial charge < -0.3 is 10.1 Å². The fraction of sp³-hybridized carbons (Fsp3) is 0.200. The normalized spacial score (nSPS) is 12.0. The second-order valence-corrected chi connectivity index (χ2v) is 7.39. The summed E-state index contributed by atoms with van der Waals surface area (Å²) in [6.07, 6.45) is -0.285. The molecule has 27 heavy (non-hydrogen) atoms. The molecule has 1 heterocycles. The van der Waals surface area contributed by atoms with Gasteiger partial charge in [-0.1, -0.05) is 41.9 Å². The van der Waals surface area contributed by atoms with Gasteiger partial charge in [-0.2, -0.15) is 0 Å². The molecule has 0 aliphatic carbocycles. The fourth-order valence-corrected chi connectivity index (χ4v) is 3.97. The number of benzene rings is 2. The minimum absolute atomic E-state index is 0.154. The Bertz CT molecular complexity index is 974. The molecule has 1 unspecified atom stereocenters. The van der Waals surface area contributed by atoms with Gasteiger partial charge in [-0.15, -0.1) is 11.3 Å². The Morgan fingerprint density at radius 2 is 1.96 bits per heavy atom. The molecule has 0 spiro atoms. The second kappa shape index (κ2) is 8.50. The second-order valence-electron chi connectivity index (χ2n) is 5.96. The molecule has 0 bridgehead atoms. The van der Waals surface area contributed by atoms with Gasteiger partial charge in [0, 0.05) is 16.6 Å². The standard InChI is InChI=1S/C20H17ClFNO3S/c1-12(19(24)23-10-9-13-5-3-2-4-6-13)26-20(25)18-17(21)15-8-7-14(22)11-16(15)27-18/h2-8,11-12H,9-10H2,1H3,(H,23,24). The smallest absolute Gasteiger partial charge is 0.350 e. The molecule has 1 aromatic heterocycles. The first-order chi connectivity index (χ1) is 13.0. The number of esters is 1. The number of carbonyl (C=O) groups excluding carboxylic acids is 2. The number of carbonyl (C=O) groups is 2. The molecule has 0 aliphatic rings. The zero-order valence-corrected chi connectivity index (χ0v) is 16.1. The number of nitrogens with one attached hydrogen (secondary N) is 1.